The number of carboxylic acids is 1. The number of ether oxygens (including phenoxy) is 1. The van der Waals surface area contributed by atoms with Crippen molar-refractivity contribution in [1.82, 2.24) is 0 Å². The van der Waals surface area contributed by atoms with Crippen molar-refractivity contribution in [3.05, 3.63) is 61.6 Å². The Labute approximate surface area is 132 Å². The number of benzene rings is 2. The van der Waals surface area contributed by atoms with Crippen LogP contribution in [0, 0.1) is 10.1 Å². The maximum Gasteiger partial charge on any atom is 0.335 e. The van der Waals surface area contributed by atoms with Crippen LogP contribution in [0.5, 0.6) is 11.5 Å². The van der Waals surface area contributed by atoms with Crippen molar-refractivity contribution >= 4 is 39.2 Å². The van der Waals surface area contributed by atoms with Gasteiger partial charge in [0, 0.05) is 10.5 Å². The minimum Gasteiger partial charge on any atom is -0.478 e. The van der Waals surface area contributed by atoms with Gasteiger partial charge in [0.2, 0.25) is 5.75 Å². The summed E-state index contributed by atoms with van der Waals surface area (Å²) in [6.45, 7) is 0. The summed E-state index contributed by atoms with van der Waals surface area (Å²) in [5, 5.41) is 19.9. The SMILES string of the molecule is O=C(O)c1ccc(Oc2ccc(Br)cc2[N+](=O)[O-])c(Cl)c1. The minimum absolute atomic E-state index is 0.00217. The summed E-state index contributed by atoms with van der Waals surface area (Å²) in [5.41, 5.74) is -0.236. The average Bonchev–Trinajstić information content (AvgIpc) is 2.42. The van der Waals surface area contributed by atoms with Crippen molar-refractivity contribution in [1.29, 1.82) is 0 Å². The quantitative estimate of drug-likeness (QED) is 0.630. The van der Waals surface area contributed by atoms with Crippen LogP contribution in [0.3, 0.4) is 0 Å². The molecule has 2 aromatic carbocycles. The Morgan fingerprint density at radius 3 is 2.48 bits per heavy atom. The second-order valence-corrected chi connectivity index (χ2v) is 5.24. The molecule has 0 aliphatic rings. The Balaban J connectivity index is 2.39. The molecular formula is C13H7BrClNO5. The van der Waals surface area contributed by atoms with Crippen LogP contribution in [-0.4, -0.2) is 16.0 Å². The molecule has 0 saturated carbocycles. The Hall–Kier alpha value is -2.12. The van der Waals surface area contributed by atoms with Gasteiger partial charge in [0.15, 0.2) is 0 Å². The third kappa shape index (κ3) is 3.50. The van der Waals surface area contributed by atoms with Gasteiger partial charge in [-0.15, -0.1) is 0 Å². The third-order valence-electron chi connectivity index (χ3n) is 2.52. The molecule has 8 heteroatoms. The monoisotopic (exact) mass is 371 g/mol. The summed E-state index contributed by atoms with van der Waals surface area (Å²) >= 11 is 9.06. The molecule has 0 fully saturated rings. The molecule has 0 aliphatic carbocycles. The van der Waals surface area contributed by atoms with Crippen LogP contribution in [0.1, 0.15) is 10.4 Å². The predicted octanol–water partition coefficient (Wildman–Crippen LogP) is 4.50. The molecule has 0 amide bonds. The first-order chi connectivity index (χ1) is 9.88. The van der Waals surface area contributed by atoms with Crippen LogP contribution < -0.4 is 4.74 Å². The third-order valence-corrected chi connectivity index (χ3v) is 3.31. The lowest BCUT2D eigenvalue weighted by molar-refractivity contribution is -0.385. The average molecular weight is 373 g/mol. The molecule has 0 unspecified atom stereocenters. The maximum atomic E-state index is 11.0. The maximum absolute atomic E-state index is 11.0. The van der Waals surface area contributed by atoms with Crippen LogP contribution in [0.15, 0.2) is 40.9 Å². The zero-order valence-electron chi connectivity index (χ0n) is 10.2. The van der Waals surface area contributed by atoms with Gasteiger partial charge in [-0.2, -0.15) is 0 Å². The van der Waals surface area contributed by atoms with E-state index in [1.807, 2.05) is 0 Å². The Kier molecular flexibility index (Phi) is 4.44. The van der Waals surface area contributed by atoms with E-state index in [1.165, 1.54) is 30.3 Å². The van der Waals surface area contributed by atoms with Crippen molar-refractivity contribution in [2.24, 2.45) is 0 Å². The zero-order valence-corrected chi connectivity index (χ0v) is 12.6. The number of nitro groups is 1. The van der Waals surface area contributed by atoms with Crippen molar-refractivity contribution in [3.8, 4) is 11.5 Å². The van der Waals surface area contributed by atoms with Gasteiger partial charge in [-0.1, -0.05) is 27.5 Å². The molecule has 2 aromatic rings. The van der Waals surface area contributed by atoms with E-state index in [4.69, 9.17) is 21.4 Å². The number of nitrogens with zero attached hydrogens (tertiary/aromatic N) is 1. The second kappa shape index (κ2) is 6.11. The van der Waals surface area contributed by atoms with E-state index in [9.17, 15) is 14.9 Å². The number of hydrogen-bond acceptors (Lipinski definition) is 4. The van der Waals surface area contributed by atoms with Crippen LogP contribution >= 0.6 is 27.5 Å². The molecule has 108 valence electrons. The zero-order chi connectivity index (χ0) is 15.6. The second-order valence-electron chi connectivity index (χ2n) is 3.92. The van der Waals surface area contributed by atoms with Gasteiger partial charge in [-0.05, 0) is 30.3 Å². The number of carbonyl (C=O) groups is 1. The van der Waals surface area contributed by atoms with Crippen LogP contribution in [0.2, 0.25) is 5.02 Å². The summed E-state index contributed by atoms with van der Waals surface area (Å²) < 4.78 is 5.94. The molecule has 1 N–H and O–H groups in total. The van der Waals surface area contributed by atoms with Crippen molar-refractivity contribution in [2.75, 3.05) is 0 Å². The lowest BCUT2D eigenvalue weighted by Gasteiger charge is -2.08. The van der Waals surface area contributed by atoms with Crippen LogP contribution in [0.4, 0.5) is 5.69 Å². The highest BCUT2D eigenvalue weighted by atomic mass is 79.9. The lowest BCUT2D eigenvalue weighted by atomic mass is 10.2. The van der Waals surface area contributed by atoms with Gasteiger partial charge < -0.3 is 9.84 Å². The lowest BCUT2D eigenvalue weighted by Crippen LogP contribution is -1.97. The van der Waals surface area contributed by atoms with E-state index in [1.54, 1.807) is 6.07 Å². The first-order valence-electron chi connectivity index (χ1n) is 5.53. The van der Waals surface area contributed by atoms with E-state index in [-0.39, 0.29) is 27.8 Å². The summed E-state index contributed by atoms with van der Waals surface area (Å²) in [6, 6.07) is 8.16. The van der Waals surface area contributed by atoms with Crippen molar-refractivity contribution in [2.45, 2.75) is 0 Å². The van der Waals surface area contributed by atoms with Gasteiger partial charge in [-0.3, -0.25) is 10.1 Å². The topological polar surface area (TPSA) is 89.7 Å². The molecule has 6 nitrogen and oxygen atoms in total. The van der Waals surface area contributed by atoms with E-state index < -0.39 is 10.9 Å². The summed E-state index contributed by atoms with van der Waals surface area (Å²) in [4.78, 5) is 21.2. The van der Waals surface area contributed by atoms with E-state index in [2.05, 4.69) is 15.9 Å². The van der Waals surface area contributed by atoms with E-state index >= 15 is 0 Å². The first kappa shape index (κ1) is 15.3. The van der Waals surface area contributed by atoms with Gasteiger partial charge in [0.25, 0.3) is 0 Å². The molecule has 0 aliphatic heterocycles. The molecule has 2 rings (SSSR count). The predicted molar refractivity (Wildman–Crippen MR) is 79.3 cm³/mol. The fourth-order valence-electron chi connectivity index (χ4n) is 1.55. The largest absolute Gasteiger partial charge is 0.478 e. The Bertz CT molecular complexity index is 734. The van der Waals surface area contributed by atoms with E-state index in [0.717, 1.165) is 0 Å². The standard InChI is InChI=1S/C13H7BrClNO5/c14-8-2-4-12(10(6-8)16(19)20)21-11-3-1-7(13(17)18)5-9(11)15/h1-6H,(H,17,18). The van der Waals surface area contributed by atoms with Gasteiger partial charge in [0.1, 0.15) is 5.75 Å². The summed E-state index contributed by atoms with van der Waals surface area (Å²) in [7, 11) is 0. The first-order valence-corrected chi connectivity index (χ1v) is 6.70. The highest BCUT2D eigenvalue weighted by molar-refractivity contribution is 9.10. The fourth-order valence-corrected chi connectivity index (χ4v) is 2.12. The Morgan fingerprint density at radius 1 is 1.24 bits per heavy atom. The molecule has 0 radical (unpaired) electrons. The van der Waals surface area contributed by atoms with Gasteiger partial charge >= 0.3 is 11.7 Å². The van der Waals surface area contributed by atoms with E-state index in [0.29, 0.717) is 4.47 Å². The van der Waals surface area contributed by atoms with Crippen molar-refractivity contribution in [3.63, 3.8) is 0 Å². The fraction of sp³-hybridized carbons (Fsp3) is 0. The van der Waals surface area contributed by atoms with Crippen LogP contribution in [0.25, 0.3) is 0 Å². The number of nitro benzene ring substituents is 1. The van der Waals surface area contributed by atoms with Crippen molar-refractivity contribution < 1.29 is 19.6 Å². The molecule has 0 bridgehead atoms. The Morgan fingerprint density at radius 2 is 1.90 bits per heavy atom. The molecule has 0 spiro atoms. The molecule has 0 atom stereocenters. The number of halogens is 2. The number of carboxylic acid groups (broad SMARTS) is 1. The smallest absolute Gasteiger partial charge is 0.335 e. The molecule has 21 heavy (non-hydrogen) atoms. The molecule has 0 heterocycles. The number of rotatable bonds is 4. The molecule has 0 aromatic heterocycles. The molecule has 0 saturated heterocycles. The van der Waals surface area contributed by atoms with Gasteiger partial charge in [0.05, 0.1) is 15.5 Å². The number of hydrogen-bond donors (Lipinski definition) is 1. The molecular weight excluding hydrogens is 366 g/mol. The minimum atomic E-state index is -1.13. The summed E-state index contributed by atoms with van der Waals surface area (Å²) in [6.07, 6.45) is 0. The highest BCUT2D eigenvalue weighted by Gasteiger charge is 2.18. The number of aromatic carboxylic acids is 1. The van der Waals surface area contributed by atoms with Gasteiger partial charge in [-0.25, -0.2) is 4.79 Å². The highest BCUT2D eigenvalue weighted by Crippen LogP contribution is 2.36. The van der Waals surface area contributed by atoms with Crippen LogP contribution in [-0.2, 0) is 0 Å². The summed E-state index contributed by atoms with van der Waals surface area (Å²) in [5.74, 6) is -0.988. The normalized spacial score (nSPS) is 10.2.